The van der Waals surface area contributed by atoms with E-state index in [0.717, 1.165) is 25.3 Å². The summed E-state index contributed by atoms with van der Waals surface area (Å²) >= 11 is 0. The van der Waals surface area contributed by atoms with Gasteiger partial charge in [-0.15, -0.1) is 0 Å². The van der Waals surface area contributed by atoms with Crippen LogP contribution in [0.2, 0.25) is 0 Å². The summed E-state index contributed by atoms with van der Waals surface area (Å²) in [6, 6.07) is 0. The summed E-state index contributed by atoms with van der Waals surface area (Å²) in [5, 5.41) is -1.11. The topological polar surface area (TPSA) is 80.7 Å². The van der Waals surface area contributed by atoms with Crippen LogP contribution in [-0.2, 0) is 19.6 Å². The van der Waals surface area contributed by atoms with Gasteiger partial charge in [0, 0.05) is 6.08 Å². The molecule has 1 N–H and O–H groups in total. The molecule has 0 spiro atoms. The fourth-order valence-electron chi connectivity index (χ4n) is 3.46. The third kappa shape index (κ3) is 13.0. The van der Waals surface area contributed by atoms with Crippen LogP contribution in [0.5, 0.6) is 0 Å². The van der Waals surface area contributed by atoms with Crippen LogP contribution in [0.15, 0.2) is 12.7 Å². The second-order valence-electron chi connectivity index (χ2n) is 7.73. The van der Waals surface area contributed by atoms with Crippen LogP contribution in [0.4, 0.5) is 0 Å². The van der Waals surface area contributed by atoms with E-state index in [0.29, 0.717) is 6.42 Å². The fourth-order valence-corrected chi connectivity index (χ4v) is 4.73. The molecule has 27 heavy (non-hydrogen) atoms. The Morgan fingerprint density at radius 3 is 1.78 bits per heavy atom. The number of unbranched alkanes of at least 4 members (excludes halogenated alkanes) is 10. The van der Waals surface area contributed by atoms with Crippen molar-refractivity contribution in [3.05, 3.63) is 12.7 Å². The molecule has 0 fully saturated rings. The molecule has 0 rings (SSSR count). The number of rotatable bonds is 17. The second-order valence-corrected chi connectivity index (χ2v) is 9.30. The fraction of sp³-hybridized carbons (Fsp3) is 0.857. The first kappa shape index (κ1) is 26.1. The van der Waals surface area contributed by atoms with Crippen LogP contribution < -0.4 is 0 Å². The van der Waals surface area contributed by atoms with Gasteiger partial charge < -0.3 is 4.74 Å². The van der Waals surface area contributed by atoms with E-state index in [1.807, 2.05) is 0 Å². The molecule has 0 aliphatic heterocycles. The Bertz CT molecular complexity index is 499. The molecular weight excluding hydrogens is 364 g/mol. The summed E-state index contributed by atoms with van der Waals surface area (Å²) < 4.78 is 38.2. The zero-order chi connectivity index (χ0) is 20.7. The van der Waals surface area contributed by atoms with E-state index >= 15 is 0 Å². The molecule has 0 aromatic heterocycles. The van der Waals surface area contributed by atoms with Gasteiger partial charge in [-0.25, -0.2) is 4.79 Å². The molecule has 2 atom stereocenters. The average molecular weight is 405 g/mol. The Hall–Kier alpha value is -0.880. The summed E-state index contributed by atoms with van der Waals surface area (Å²) in [6.45, 7) is 8.98. The highest BCUT2D eigenvalue weighted by Gasteiger charge is 2.36. The zero-order valence-corrected chi connectivity index (χ0v) is 18.3. The van der Waals surface area contributed by atoms with Crippen molar-refractivity contribution in [1.82, 2.24) is 0 Å². The van der Waals surface area contributed by atoms with Crippen LogP contribution in [0.1, 0.15) is 97.8 Å². The summed E-state index contributed by atoms with van der Waals surface area (Å²) in [5.41, 5.74) is 0. The van der Waals surface area contributed by atoms with Crippen molar-refractivity contribution in [1.29, 1.82) is 0 Å². The van der Waals surface area contributed by atoms with Crippen molar-refractivity contribution in [2.24, 2.45) is 5.92 Å². The van der Waals surface area contributed by atoms with E-state index in [9.17, 15) is 17.8 Å². The van der Waals surface area contributed by atoms with Crippen LogP contribution in [0.25, 0.3) is 0 Å². The lowest BCUT2D eigenvalue weighted by Gasteiger charge is -2.27. The van der Waals surface area contributed by atoms with Gasteiger partial charge in [0.25, 0.3) is 10.1 Å². The van der Waals surface area contributed by atoms with Gasteiger partial charge in [-0.1, -0.05) is 91.6 Å². The smallest absolute Gasteiger partial charge is 0.330 e. The van der Waals surface area contributed by atoms with Gasteiger partial charge in [-0.05, 0) is 18.8 Å². The van der Waals surface area contributed by atoms with Crippen LogP contribution >= 0.6 is 0 Å². The maximum Gasteiger partial charge on any atom is 0.330 e. The van der Waals surface area contributed by atoms with Crippen LogP contribution in [0, 0.1) is 5.92 Å². The summed E-state index contributed by atoms with van der Waals surface area (Å²) in [6.07, 6.45) is 13.7. The number of hydrogen-bond donors (Lipinski definition) is 1. The molecular formula is C21H40O5S. The highest BCUT2D eigenvalue weighted by Crippen LogP contribution is 2.23. The molecule has 5 nitrogen and oxygen atoms in total. The minimum absolute atomic E-state index is 0.352. The van der Waals surface area contributed by atoms with Gasteiger partial charge in [0.1, 0.15) is 11.4 Å². The molecule has 0 radical (unpaired) electrons. The SMILES string of the molecule is C=CC(=O)OC(CCCCCCCCCCCCC)C(C(C)C)S(=O)(=O)O. The Balaban J connectivity index is 4.23. The Labute approximate surface area is 166 Å². The summed E-state index contributed by atoms with van der Waals surface area (Å²) in [5.74, 6) is -1.01. The number of carbonyl (C=O) groups excluding carboxylic acids is 1. The monoisotopic (exact) mass is 404 g/mol. The first-order chi connectivity index (χ1) is 12.7. The van der Waals surface area contributed by atoms with Crippen molar-refractivity contribution in [3.8, 4) is 0 Å². The van der Waals surface area contributed by atoms with E-state index in [1.54, 1.807) is 13.8 Å². The second kappa shape index (κ2) is 15.1. The van der Waals surface area contributed by atoms with Crippen molar-refractivity contribution in [3.63, 3.8) is 0 Å². The van der Waals surface area contributed by atoms with Gasteiger partial charge in [-0.2, -0.15) is 8.42 Å². The number of hydrogen-bond acceptors (Lipinski definition) is 4. The molecule has 0 aliphatic carbocycles. The zero-order valence-electron chi connectivity index (χ0n) is 17.5. The van der Waals surface area contributed by atoms with Crippen molar-refractivity contribution < 1.29 is 22.5 Å². The maximum absolute atomic E-state index is 11.7. The summed E-state index contributed by atoms with van der Waals surface area (Å²) in [4.78, 5) is 11.6. The van der Waals surface area contributed by atoms with Gasteiger partial charge in [-0.3, -0.25) is 4.55 Å². The average Bonchev–Trinajstić information content (AvgIpc) is 2.57. The minimum atomic E-state index is -4.29. The van der Waals surface area contributed by atoms with E-state index in [4.69, 9.17) is 4.74 Å². The molecule has 0 bridgehead atoms. The lowest BCUT2D eigenvalue weighted by molar-refractivity contribution is -0.143. The van der Waals surface area contributed by atoms with Crippen molar-refractivity contribution in [2.45, 2.75) is 109 Å². The van der Waals surface area contributed by atoms with Crippen LogP contribution in [0.3, 0.4) is 0 Å². The Kier molecular flexibility index (Phi) is 14.6. The number of carbonyl (C=O) groups is 1. The van der Waals surface area contributed by atoms with E-state index in [-0.39, 0.29) is 5.92 Å². The standard InChI is InChI=1S/C21H40O5S/c1-5-7-8-9-10-11-12-13-14-15-16-17-19(26-20(22)6-2)21(18(3)4)27(23,24)25/h6,18-19,21H,2,5,7-17H2,1,3-4H3,(H,23,24,25). The highest BCUT2D eigenvalue weighted by atomic mass is 32.2. The van der Waals surface area contributed by atoms with Crippen molar-refractivity contribution >= 4 is 16.1 Å². The highest BCUT2D eigenvalue weighted by molar-refractivity contribution is 7.86. The lowest BCUT2D eigenvalue weighted by atomic mass is 9.99. The number of esters is 1. The molecule has 0 aliphatic rings. The quantitative estimate of drug-likeness (QED) is 0.146. The number of ether oxygens (including phenoxy) is 1. The molecule has 2 unspecified atom stereocenters. The Morgan fingerprint density at radius 1 is 0.963 bits per heavy atom. The predicted molar refractivity (Wildman–Crippen MR) is 111 cm³/mol. The molecule has 0 saturated carbocycles. The first-order valence-electron chi connectivity index (χ1n) is 10.5. The molecule has 6 heteroatoms. The molecule has 0 amide bonds. The van der Waals surface area contributed by atoms with E-state index < -0.39 is 27.4 Å². The molecule has 0 saturated heterocycles. The molecule has 160 valence electrons. The van der Waals surface area contributed by atoms with Gasteiger partial charge >= 0.3 is 5.97 Å². The predicted octanol–water partition coefficient (Wildman–Crippen LogP) is 5.70. The van der Waals surface area contributed by atoms with Gasteiger partial charge in [0.2, 0.25) is 0 Å². The first-order valence-corrected chi connectivity index (χ1v) is 12.0. The van der Waals surface area contributed by atoms with Crippen LogP contribution in [-0.4, -0.2) is 30.3 Å². The summed E-state index contributed by atoms with van der Waals surface area (Å²) in [7, 11) is -4.29. The molecule has 0 heterocycles. The molecule has 0 aromatic carbocycles. The van der Waals surface area contributed by atoms with Gasteiger partial charge in [0.05, 0.1) is 0 Å². The maximum atomic E-state index is 11.7. The van der Waals surface area contributed by atoms with Crippen molar-refractivity contribution in [2.75, 3.05) is 0 Å². The molecule has 0 aromatic rings. The van der Waals surface area contributed by atoms with E-state index in [1.165, 1.54) is 51.4 Å². The third-order valence-electron chi connectivity index (χ3n) is 4.89. The Morgan fingerprint density at radius 2 is 1.41 bits per heavy atom. The van der Waals surface area contributed by atoms with E-state index in [2.05, 4.69) is 13.5 Å². The minimum Gasteiger partial charge on any atom is -0.458 e. The van der Waals surface area contributed by atoms with Gasteiger partial charge in [0.15, 0.2) is 0 Å². The third-order valence-corrected chi connectivity index (χ3v) is 6.43. The largest absolute Gasteiger partial charge is 0.458 e. The lowest BCUT2D eigenvalue weighted by Crippen LogP contribution is -2.41. The normalized spacial score (nSPS) is 14.1.